The monoisotopic (exact) mass is 451 g/mol. The zero-order valence-electron chi connectivity index (χ0n) is 17.8. The van der Waals surface area contributed by atoms with E-state index in [2.05, 4.69) is 9.71 Å². The van der Waals surface area contributed by atoms with Crippen LogP contribution >= 0.6 is 0 Å². The van der Waals surface area contributed by atoms with Crippen LogP contribution in [-0.2, 0) is 16.4 Å². The van der Waals surface area contributed by atoms with Gasteiger partial charge >= 0.3 is 0 Å². The Balaban J connectivity index is 1.53. The van der Waals surface area contributed by atoms with Crippen LogP contribution in [-0.4, -0.2) is 44.4 Å². The first kappa shape index (κ1) is 21.8. The van der Waals surface area contributed by atoms with Gasteiger partial charge < -0.3 is 9.64 Å². The summed E-state index contributed by atoms with van der Waals surface area (Å²) in [5.74, 6) is 0.151. The number of aromatic nitrogens is 1. The number of carbonyl (C=O) groups is 1. The maximum absolute atomic E-state index is 13.0. The number of ether oxygens (including phenoxy) is 1. The van der Waals surface area contributed by atoms with Crippen LogP contribution in [0.3, 0.4) is 0 Å². The molecule has 0 atom stereocenters. The summed E-state index contributed by atoms with van der Waals surface area (Å²) in [4.78, 5) is 18.6. The van der Waals surface area contributed by atoms with Crippen LogP contribution in [0.4, 0.5) is 5.69 Å². The lowest BCUT2D eigenvalue weighted by Crippen LogP contribution is -2.28. The third-order valence-electron chi connectivity index (χ3n) is 5.47. The molecule has 1 aliphatic heterocycles. The van der Waals surface area contributed by atoms with E-state index in [9.17, 15) is 13.2 Å². The van der Waals surface area contributed by atoms with Gasteiger partial charge in [0.15, 0.2) is 0 Å². The van der Waals surface area contributed by atoms with E-state index in [0.717, 1.165) is 30.4 Å². The molecule has 1 amide bonds. The normalized spacial score (nSPS) is 13.7. The number of benzene rings is 2. The van der Waals surface area contributed by atoms with E-state index in [4.69, 9.17) is 4.74 Å². The van der Waals surface area contributed by atoms with E-state index in [1.54, 1.807) is 29.4 Å². The molecule has 3 aromatic rings. The molecule has 0 unspecified atom stereocenters. The highest BCUT2D eigenvalue weighted by molar-refractivity contribution is 7.92. The van der Waals surface area contributed by atoms with Gasteiger partial charge in [0.1, 0.15) is 5.75 Å². The van der Waals surface area contributed by atoms with Crippen molar-refractivity contribution in [3.63, 3.8) is 0 Å². The molecule has 2 aromatic carbocycles. The molecule has 1 fully saturated rings. The van der Waals surface area contributed by atoms with E-state index in [-0.39, 0.29) is 16.4 Å². The fraction of sp³-hybridized carbons (Fsp3) is 0.250. The predicted molar refractivity (Wildman–Crippen MR) is 122 cm³/mol. The number of hydrogen-bond acceptors (Lipinski definition) is 5. The molecule has 1 N–H and O–H groups in total. The molecular weight excluding hydrogens is 426 g/mol. The van der Waals surface area contributed by atoms with E-state index < -0.39 is 10.0 Å². The number of sulfonamides is 1. The first-order valence-corrected chi connectivity index (χ1v) is 11.9. The molecule has 0 aliphatic carbocycles. The Hall–Kier alpha value is -3.39. The molecule has 0 spiro atoms. The molecule has 1 saturated heterocycles. The average Bonchev–Trinajstić information content (AvgIpc) is 3.35. The molecule has 1 aliphatic rings. The minimum atomic E-state index is -3.87. The van der Waals surface area contributed by atoms with Crippen LogP contribution in [0.25, 0.3) is 0 Å². The Kier molecular flexibility index (Phi) is 6.41. The van der Waals surface area contributed by atoms with E-state index in [1.807, 2.05) is 24.3 Å². The van der Waals surface area contributed by atoms with Gasteiger partial charge in [0.05, 0.1) is 17.6 Å². The van der Waals surface area contributed by atoms with Gasteiger partial charge in [-0.2, -0.15) is 0 Å². The number of hydrogen-bond donors (Lipinski definition) is 1. The van der Waals surface area contributed by atoms with Crippen molar-refractivity contribution in [2.75, 3.05) is 24.9 Å². The van der Waals surface area contributed by atoms with Crippen LogP contribution in [0, 0.1) is 0 Å². The van der Waals surface area contributed by atoms with Crippen molar-refractivity contribution in [1.82, 2.24) is 9.88 Å². The highest BCUT2D eigenvalue weighted by Crippen LogP contribution is 2.27. The lowest BCUT2D eigenvalue weighted by molar-refractivity contribution is 0.0789. The first-order chi connectivity index (χ1) is 15.5. The Morgan fingerprint density at radius 2 is 1.66 bits per heavy atom. The van der Waals surface area contributed by atoms with Crippen molar-refractivity contribution in [3.8, 4) is 5.75 Å². The zero-order chi connectivity index (χ0) is 22.6. The van der Waals surface area contributed by atoms with Gasteiger partial charge in [0, 0.05) is 31.2 Å². The van der Waals surface area contributed by atoms with Gasteiger partial charge in [-0.15, -0.1) is 0 Å². The molecule has 7 nitrogen and oxygen atoms in total. The van der Waals surface area contributed by atoms with Crippen molar-refractivity contribution in [2.45, 2.75) is 24.2 Å². The van der Waals surface area contributed by atoms with Crippen LogP contribution in [0.1, 0.15) is 34.3 Å². The molecular formula is C24H25N3O4S. The standard InChI is InChI=1S/C24H25N3O4S/c1-31-23-9-8-21(17-22(23)24(28)27-14-2-3-15-27)32(29,30)26-20-6-4-18(5-7-20)16-19-10-12-25-13-11-19/h4-13,17,26H,2-3,14-16H2,1H3. The second-order valence-electron chi connectivity index (χ2n) is 7.70. The number of likely N-dealkylation sites (tertiary alicyclic amines) is 1. The summed E-state index contributed by atoms with van der Waals surface area (Å²) in [5.41, 5.74) is 2.89. The number of amides is 1. The summed E-state index contributed by atoms with van der Waals surface area (Å²) in [6.07, 6.45) is 6.12. The Morgan fingerprint density at radius 3 is 2.31 bits per heavy atom. The van der Waals surface area contributed by atoms with Crippen molar-refractivity contribution in [3.05, 3.63) is 83.7 Å². The molecule has 166 valence electrons. The van der Waals surface area contributed by atoms with Gasteiger partial charge in [-0.25, -0.2) is 8.42 Å². The van der Waals surface area contributed by atoms with Gasteiger partial charge in [-0.05, 0) is 72.9 Å². The first-order valence-electron chi connectivity index (χ1n) is 10.4. The Bertz CT molecular complexity index is 1190. The van der Waals surface area contributed by atoms with Crippen LogP contribution in [0.5, 0.6) is 5.75 Å². The van der Waals surface area contributed by atoms with Gasteiger partial charge in [-0.1, -0.05) is 12.1 Å². The van der Waals surface area contributed by atoms with Crippen LogP contribution in [0.2, 0.25) is 0 Å². The van der Waals surface area contributed by atoms with Gasteiger partial charge in [0.2, 0.25) is 0 Å². The molecule has 1 aromatic heterocycles. The largest absolute Gasteiger partial charge is 0.496 e. The molecule has 2 heterocycles. The van der Waals surface area contributed by atoms with E-state index >= 15 is 0 Å². The quantitative estimate of drug-likeness (QED) is 0.592. The zero-order valence-corrected chi connectivity index (χ0v) is 18.6. The summed E-state index contributed by atoms with van der Waals surface area (Å²) >= 11 is 0. The van der Waals surface area contributed by atoms with E-state index in [1.165, 1.54) is 25.3 Å². The molecule has 32 heavy (non-hydrogen) atoms. The van der Waals surface area contributed by atoms with Crippen molar-refractivity contribution in [2.24, 2.45) is 0 Å². The van der Waals surface area contributed by atoms with E-state index in [0.29, 0.717) is 24.5 Å². The second-order valence-corrected chi connectivity index (χ2v) is 9.38. The molecule has 4 rings (SSSR count). The third-order valence-corrected chi connectivity index (χ3v) is 6.85. The number of pyridine rings is 1. The highest BCUT2D eigenvalue weighted by atomic mass is 32.2. The molecule has 0 radical (unpaired) electrons. The van der Waals surface area contributed by atoms with Gasteiger partial charge in [-0.3, -0.25) is 14.5 Å². The van der Waals surface area contributed by atoms with Crippen LogP contribution in [0.15, 0.2) is 71.9 Å². The molecule has 0 bridgehead atoms. The maximum atomic E-state index is 13.0. The molecule has 0 saturated carbocycles. The number of nitrogens with one attached hydrogen (secondary N) is 1. The second kappa shape index (κ2) is 9.40. The lowest BCUT2D eigenvalue weighted by atomic mass is 10.1. The topological polar surface area (TPSA) is 88.6 Å². The van der Waals surface area contributed by atoms with Gasteiger partial charge in [0.25, 0.3) is 15.9 Å². The summed E-state index contributed by atoms with van der Waals surface area (Å²) in [5, 5.41) is 0. The molecule has 8 heteroatoms. The number of nitrogens with zero attached hydrogens (tertiary/aromatic N) is 2. The minimum absolute atomic E-state index is 0.0155. The summed E-state index contributed by atoms with van der Waals surface area (Å²) < 4.78 is 33.9. The van der Waals surface area contributed by atoms with Crippen molar-refractivity contribution >= 4 is 21.6 Å². The fourth-order valence-electron chi connectivity index (χ4n) is 3.75. The highest BCUT2D eigenvalue weighted by Gasteiger charge is 2.25. The lowest BCUT2D eigenvalue weighted by Gasteiger charge is -2.18. The maximum Gasteiger partial charge on any atom is 0.261 e. The van der Waals surface area contributed by atoms with Crippen molar-refractivity contribution in [1.29, 1.82) is 0 Å². The third kappa shape index (κ3) is 4.91. The van der Waals surface area contributed by atoms with Crippen LogP contribution < -0.4 is 9.46 Å². The fourth-order valence-corrected chi connectivity index (χ4v) is 4.84. The summed E-state index contributed by atoms with van der Waals surface area (Å²) in [6, 6.07) is 15.5. The van der Waals surface area contributed by atoms with Crippen molar-refractivity contribution < 1.29 is 17.9 Å². The summed E-state index contributed by atoms with van der Waals surface area (Å²) in [6.45, 7) is 1.34. The SMILES string of the molecule is COc1ccc(S(=O)(=O)Nc2ccc(Cc3ccncc3)cc2)cc1C(=O)N1CCCC1. The average molecular weight is 452 g/mol. The number of methoxy groups -OCH3 is 1. The number of rotatable bonds is 7. The predicted octanol–water partition coefficient (Wildman–Crippen LogP) is 3.72. The summed E-state index contributed by atoms with van der Waals surface area (Å²) in [7, 11) is -2.41. The Labute approximate surface area is 188 Å². The Morgan fingerprint density at radius 1 is 1.00 bits per heavy atom. The number of carbonyl (C=O) groups excluding carboxylic acids is 1. The minimum Gasteiger partial charge on any atom is -0.496 e. The number of anilines is 1. The smallest absolute Gasteiger partial charge is 0.261 e.